The summed E-state index contributed by atoms with van der Waals surface area (Å²) in [5.74, 6) is 0.179. The maximum Gasteiger partial charge on any atom is 0.244 e. The Morgan fingerprint density at radius 1 is 1.38 bits per heavy atom. The van der Waals surface area contributed by atoms with E-state index in [9.17, 15) is 8.42 Å². The maximum atomic E-state index is 12.6. The second kappa shape index (κ2) is 6.41. The second-order valence-electron chi connectivity index (χ2n) is 5.66. The molecule has 0 aromatic carbocycles. The fourth-order valence-corrected chi connectivity index (χ4v) is 5.00. The first kappa shape index (κ1) is 16.4. The van der Waals surface area contributed by atoms with E-state index in [1.165, 1.54) is 6.42 Å². The van der Waals surface area contributed by atoms with E-state index in [2.05, 4.69) is 14.9 Å². The van der Waals surface area contributed by atoms with Crippen molar-refractivity contribution in [2.45, 2.75) is 56.9 Å². The number of nitrogens with zero attached hydrogens (tertiary/aromatic N) is 1. The van der Waals surface area contributed by atoms with E-state index in [-0.39, 0.29) is 15.8 Å². The first-order chi connectivity index (χ1) is 9.83. The zero-order valence-corrected chi connectivity index (χ0v) is 14.0. The molecule has 8 heteroatoms. The van der Waals surface area contributed by atoms with Crippen molar-refractivity contribution in [3.8, 4) is 0 Å². The van der Waals surface area contributed by atoms with Gasteiger partial charge in [-0.25, -0.2) is 13.1 Å². The number of rotatable bonds is 5. The molecule has 1 fully saturated rings. The molecule has 0 radical (unpaired) electrons. The van der Waals surface area contributed by atoms with Crippen LogP contribution in [0.15, 0.2) is 4.90 Å². The molecule has 0 aliphatic heterocycles. The van der Waals surface area contributed by atoms with E-state index < -0.39 is 16.1 Å². The smallest absolute Gasteiger partial charge is 0.244 e. The summed E-state index contributed by atoms with van der Waals surface area (Å²) >= 11 is 5.09. The van der Waals surface area contributed by atoms with Crippen molar-refractivity contribution >= 4 is 27.2 Å². The SMILES string of the molecule is Cc1n[nH]c(C)c1S(=O)(=O)NC(C(N)=S)C1CCCCC1. The highest BCUT2D eigenvalue weighted by Crippen LogP contribution is 2.28. The van der Waals surface area contributed by atoms with Crippen molar-refractivity contribution in [1.29, 1.82) is 0 Å². The number of thiocarbonyl (C=S) groups is 1. The molecule has 1 aromatic rings. The number of nitrogens with one attached hydrogen (secondary N) is 2. The van der Waals surface area contributed by atoms with E-state index in [1.807, 2.05) is 0 Å². The van der Waals surface area contributed by atoms with Gasteiger partial charge in [0.25, 0.3) is 0 Å². The summed E-state index contributed by atoms with van der Waals surface area (Å²) in [5, 5.41) is 6.63. The summed E-state index contributed by atoms with van der Waals surface area (Å²) < 4.78 is 27.9. The van der Waals surface area contributed by atoms with Crippen LogP contribution in [0.2, 0.25) is 0 Å². The molecule has 0 amide bonds. The quantitative estimate of drug-likeness (QED) is 0.711. The van der Waals surface area contributed by atoms with Crippen LogP contribution in [-0.2, 0) is 10.0 Å². The summed E-state index contributed by atoms with van der Waals surface area (Å²) in [6.45, 7) is 3.35. The third kappa shape index (κ3) is 3.61. The van der Waals surface area contributed by atoms with E-state index in [0.29, 0.717) is 11.4 Å². The fourth-order valence-electron chi connectivity index (χ4n) is 3.02. The zero-order valence-electron chi connectivity index (χ0n) is 12.3. The summed E-state index contributed by atoms with van der Waals surface area (Å²) in [5.41, 5.74) is 6.75. The fraction of sp³-hybridized carbons (Fsp3) is 0.692. The molecule has 0 bridgehead atoms. The lowest BCUT2D eigenvalue weighted by atomic mass is 9.84. The van der Waals surface area contributed by atoms with Gasteiger partial charge >= 0.3 is 0 Å². The Morgan fingerprint density at radius 2 is 2.00 bits per heavy atom. The van der Waals surface area contributed by atoms with Crippen LogP contribution in [0.1, 0.15) is 43.5 Å². The Balaban J connectivity index is 2.25. The van der Waals surface area contributed by atoms with Crippen LogP contribution in [0.4, 0.5) is 0 Å². The summed E-state index contributed by atoms with van der Waals surface area (Å²) in [6, 6.07) is -0.487. The molecule has 0 spiro atoms. The van der Waals surface area contributed by atoms with Gasteiger partial charge in [-0.2, -0.15) is 5.10 Å². The van der Waals surface area contributed by atoms with E-state index >= 15 is 0 Å². The Morgan fingerprint density at radius 3 is 2.48 bits per heavy atom. The summed E-state index contributed by atoms with van der Waals surface area (Å²) in [4.78, 5) is 0.406. The monoisotopic (exact) mass is 330 g/mol. The van der Waals surface area contributed by atoms with Gasteiger partial charge in [0.15, 0.2) is 0 Å². The number of aryl methyl sites for hydroxylation is 2. The predicted octanol–water partition coefficient (Wildman–Crippen LogP) is 1.54. The van der Waals surface area contributed by atoms with Gasteiger partial charge in [-0.3, -0.25) is 5.10 Å². The molecular formula is C13H22N4O2S2. The lowest BCUT2D eigenvalue weighted by Gasteiger charge is -2.30. The van der Waals surface area contributed by atoms with Gasteiger partial charge in [0, 0.05) is 0 Å². The molecule has 1 aromatic heterocycles. The van der Waals surface area contributed by atoms with Crippen LogP contribution < -0.4 is 10.5 Å². The Hall–Kier alpha value is -0.990. The molecule has 21 heavy (non-hydrogen) atoms. The molecule has 1 atom stereocenters. The summed E-state index contributed by atoms with van der Waals surface area (Å²) in [6.07, 6.45) is 5.28. The highest BCUT2D eigenvalue weighted by molar-refractivity contribution is 7.89. The second-order valence-corrected chi connectivity index (χ2v) is 7.78. The van der Waals surface area contributed by atoms with Crippen molar-refractivity contribution in [3.63, 3.8) is 0 Å². The topological polar surface area (TPSA) is 101 Å². The molecule has 1 aliphatic carbocycles. The maximum absolute atomic E-state index is 12.6. The van der Waals surface area contributed by atoms with Crippen LogP contribution in [0.3, 0.4) is 0 Å². The van der Waals surface area contributed by atoms with Crippen molar-refractivity contribution in [1.82, 2.24) is 14.9 Å². The molecule has 1 unspecified atom stereocenters. The Kier molecular flexibility index (Phi) is 5.00. The number of nitrogens with two attached hydrogens (primary N) is 1. The van der Waals surface area contributed by atoms with Crippen molar-refractivity contribution in [2.24, 2.45) is 11.7 Å². The van der Waals surface area contributed by atoms with Gasteiger partial charge in [-0.05, 0) is 32.6 Å². The third-order valence-electron chi connectivity index (χ3n) is 4.04. The van der Waals surface area contributed by atoms with Gasteiger partial charge in [-0.15, -0.1) is 0 Å². The first-order valence-electron chi connectivity index (χ1n) is 7.16. The van der Waals surface area contributed by atoms with Crippen LogP contribution >= 0.6 is 12.2 Å². The molecular weight excluding hydrogens is 308 g/mol. The minimum absolute atomic E-state index is 0.179. The van der Waals surface area contributed by atoms with E-state index in [0.717, 1.165) is 25.7 Å². The molecule has 2 rings (SSSR count). The number of aromatic amines is 1. The molecule has 1 aliphatic rings. The summed E-state index contributed by atoms with van der Waals surface area (Å²) in [7, 11) is -3.68. The largest absolute Gasteiger partial charge is 0.392 e. The van der Waals surface area contributed by atoms with Gasteiger partial charge in [0.1, 0.15) is 4.90 Å². The number of hydrogen-bond donors (Lipinski definition) is 3. The van der Waals surface area contributed by atoms with E-state index in [1.54, 1.807) is 13.8 Å². The average molecular weight is 330 g/mol. The van der Waals surface area contributed by atoms with Crippen LogP contribution in [-0.4, -0.2) is 29.6 Å². The predicted molar refractivity (Wildman–Crippen MR) is 85.5 cm³/mol. The highest BCUT2D eigenvalue weighted by atomic mass is 32.2. The van der Waals surface area contributed by atoms with Crippen molar-refractivity contribution in [3.05, 3.63) is 11.4 Å². The lowest BCUT2D eigenvalue weighted by Crippen LogP contribution is -2.48. The van der Waals surface area contributed by atoms with E-state index in [4.69, 9.17) is 18.0 Å². The first-order valence-corrected chi connectivity index (χ1v) is 9.05. The molecule has 4 N–H and O–H groups in total. The van der Waals surface area contributed by atoms with Gasteiger partial charge in [0.05, 0.1) is 22.4 Å². The van der Waals surface area contributed by atoms with Gasteiger partial charge in [-0.1, -0.05) is 31.5 Å². The number of sulfonamides is 1. The van der Waals surface area contributed by atoms with Gasteiger partial charge in [0.2, 0.25) is 10.0 Å². The normalized spacial score (nSPS) is 18.6. The van der Waals surface area contributed by atoms with Crippen LogP contribution in [0, 0.1) is 19.8 Å². The Labute approximate surface area is 130 Å². The minimum atomic E-state index is -3.68. The average Bonchev–Trinajstić information content (AvgIpc) is 2.77. The standard InChI is InChI=1S/C13H22N4O2S2/c1-8-12(9(2)16-15-8)21(18,19)17-11(13(14)20)10-6-4-3-5-7-10/h10-11,17H,3-7H2,1-2H3,(H2,14,20)(H,15,16). The van der Waals surface area contributed by atoms with Crippen LogP contribution in [0.25, 0.3) is 0 Å². The van der Waals surface area contributed by atoms with Crippen molar-refractivity contribution < 1.29 is 8.42 Å². The minimum Gasteiger partial charge on any atom is -0.392 e. The number of aromatic nitrogens is 2. The molecule has 118 valence electrons. The van der Waals surface area contributed by atoms with Crippen molar-refractivity contribution in [2.75, 3.05) is 0 Å². The molecule has 1 heterocycles. The number of hydrogen-bond acceptors (Lipinski definition) is 4. The lowest BCUT2D eigenvalue weighted by molar-refractivity contribution is 0.330. The highest BCUT2D eigenvalue weighted by Gasteiger charge is 2.32. The molecule has 6 nitrogen and oxygen atoms in total. The zero-order chi connectivity index (χ0) is 15.6. The third-order valence-corrected chi connectivity index (χ3v) is 6.00. The Bertz CT molecular complexity index is 599. The molecule has 0 saturated heterocycles. The van der Waals surface area contributed by atoms with Crippen LogP contribution in [0.5, 0.6) is 0 Å². The van der Waals surface area contributed by atoms with Gasteiger partial charge < -0.3 is 5.73 Å². The number of H-pyrrole nitrogens is 1. The molecule has 1 saturated carbocycles.